The van der Waals surface area contributed by atoms with Crippen molar-refractivity contribution < 1.29 is 9.53 Å². The maximum atomic E-state index is 11.6. The predicted octanol–water partition coefficient (Wildman–Crippen LogP) is 3.26. The van der Waals surface area contributed by atoms with E-state index in [9.17, 15) is 4.79 Å². The lowest BCUT2D eigenvalue weighted by molar-refractivity contribution is 0.0992. The van der Waals surface area contributed by atoms with Gasteiger partial charge in [0.2, 0.25) is 0 Å². The Kier molecular flexibility index (Phi) is 3.37. The summed E-state index contributed by atoms with van der Waals surface area (Å²) >= 11 is 0. The van der Waals surface area contributed by atoms with Crippen molar-refractivity contribution in [1.82, 2.24) is 4.57 Å². The molecule has 1 aromatic heterocycles. The van der Waals surface area contributed by atoms with Gasteiger partial charge in [-0.15, -0.1) is 0 Å². The molecule has 2 aromatic carbocycles. The van der Waals surface area contributed by atoms with Crippen LogP contribution >= 0.6 is 0 Å². The first kappa shape index (κ1) is 14.2. The number of hydrogen-bond acceptors (Lipinski definition) is 2. The first-order valence-electron chi connectivity index (χ1n) is 7.06. The van der Waals surface area contributed by atoms with E-state index in [1.165, 1.54) is 0 Å². The fraction of sp³-hybridized carbons (Fsp3) is 0.167. The molecule has 0 saturated carbocycles. The fourth-order valence-electron chi connectivity index (χ4n) is 2.94. The molecular formula is C18H18N2O2. The molecule has 0 atom stereocenters. The molecule has 0 aliphatic rings. The van der Waals surface area contributed by atoms with Crippen molar-refractivity contribution in [2.75, 3.05) is 7.11 Å². The van der Waals surface area contributed by atoms with Crippen LogP contribution in [0.15, 0.2) is 42.5 Å². The molecule has 3 aromatic rings. The lowest BCUT2D eigenvalue weighted by atomic mass is 10.0. The number of hydrogen-bond donors (Lipinski definition) is 1. The number of nitrogens with two attached hydrogens (primary N) is 1. The average Bonchev–Trinajstić information content (AvgIpc) is 2.78. The predicted molar refractivity (Wildman–Crippen MR) is 88.2 cm³/mol. The second kappa shape index (κ2) is 5.22. The number of carbonyl (C=O) groups is 1. The van der Waals surface area contributed by atoms with Crippen LogP contribution in [0.2, 0.25) is 0 Å². The third-order valence-corrected chi connectivity index (χ3v) is 4.11. The summed E-state index contributed by atoms with van der Waals surface area (Å²) in [4.78, 5) is 11.6. The lowest BCUT2D eigenvalue weighted by Gasteiger charge is -2.05. The van der Waals surface area contributed by atoms with Crippen molar-refractivity contribution in [3.05, 3.63) is 53.7 Å². The first-order valence-corrected chi connectivity index (χ1v) is 7.06. The standard InChI is InChI=1S/C18H18N2O2/c1-11-15-10-13(12-4-7-14(22-3)8-5-12)6-9-16(15)20(2)17(11)18(19)21/h4-10H,1-3H3,(H2,19,21). The Labute approximate surface area is 129 Å². The summed E-state index contributed by atoms with van der Waals surface area (Å²) < 4.78 is 7.04. The van der Waals surface area contributed by atoms with Crippen LogP contribution in [-0.2, 0) is 7.05 Å². The van der Waals surface area contributed by atoms with E-state index in [1.54, 1.807) is 7.11 Å². The zero-order chi connectivity index (χ0) is 15.9. The van der Waals surface area contributed by atoms with Gasteiger partial charge in [-0.2, -0.15) is 0 Å². The summed E-state index contributed by atoms with van der Waals surface area (Å²) in [5, 5.41) is 1.05. The minimum absolute atomic E-state index is 0.401. The van der Waals surface area contributed by atoms with Gasteiger partial charge in [0.15, 0.2) is 0 Å². The van der Waals surface area contributed by atoms with Gasteiger partial charge in [-0.25, -0.2) is 0 Å². The Balaban J connectivity index is 2.17. The van der Waals surface area contributed by atoms with Gasteiger partial charge in [-0.1, -0.05) is 18.2 Å². The number of benzene rings is 2. The molecule has 112 valence electrons. The summed E-state index contributed by atoms with van der Waals surface area (Å²) in [7, 11) is 3.52. The lowest BCUT2D eigenvalue weighted by Crippen LogP contribution is -2.16. The summed E-state index contributed by atoms with van der Waals surface area (Å²) in [6.45, 7) is 1.93. The number of methoxy groups -OCH3 is 1. The molecule has 0 radical (unpaired) electrons. The van der Waals surface area contributed by atoms with Crippen LogP contribution < -0.4 is 10.5 Å². The molecule has 22 heavy (non-hydrogen) atoms. The zero-order valence-electron chi connectivity index (χ0n) is 12.9. The molecule has 2 N–H and O–H groups in total. The number of rotatable bonds is 3. The molecule has 3 rings (SSSR count). The SMILES string of the molecule is COc1ccc(-c2ccc3c(c2)c(C)c(C(N)=O)n3C)cc1. The molecule has 0 fully saturated rings. The molecule has 4 nitrogen and oxygen atoms in total. The van der Waals surface area contributed by atoms with Crippen LogP contribution in [0, 0.1) is 6.92 Å². The minimum Gasteiger partial charge on any atom is -0.497 e. The van der Waals surface area contributed by atoms with Gasteiger partial charge in [0.1, 0.15) is 11.4 Å². The summed E-state index contributed by atoms with van der Waals surface area (Å²) in [6.07, 6.45) is 0. The van der Waals surface area contributed by atoms with Crippen molar-refractivity contribution in [2.24, 2.45) is 12.8 Å². The zero-order valence-corrected chi connectivity index (χ0v) is 12.9. The van der Waals surface area contributed by atoms with Gasteiger partial charge in [0, 0.05) is 18.0 Å². The second-order valence-corrected chi connectivity index (χ2v) is 5.36. The van der Waals surface area contributed by atoms with Gasteiger partial charge in [0.25, 0.3) is 5.91 Å². The average molecular weight is 294 g/mol. The normalized spacial score (nSPS) is 10.9. The highest BCUT2D eigenvalue weighted by Crippen LogP contribution is 2.30. The Morgan fingerprint density at radius 3 is 2.32 bits per heavy atom. The summed E-state index contributed by atoms with van der Waals surface area (Å²) in [5.74, 6) is 0.430. The highest BCUT2D eigenvalue weighted by atomic mass is 16.5. The number of nitrogens with zero attached hydrogens (tertiary/aromatic N) is 1. The first-order chi connectivity index (χ1) is 10.5. The third-order valence-electron chi connectivity index (χ3n) is 4.11. The molecular weight excluding hydrogens is 276 g/mol. The minimum atomic E-state index is -0.401. The number of primary amides is 1. The summed E-state index contributed by atoms with van der Waals surface area (Å²) in [6, 6.07) is 14.1. The van der Waals surface area contributed by atoms with Crippen molar-refractivity contribution in [2.45, 2.75) is 6.92 Å². The van der Waals surface area contributed by atoms with Gasteiger partial charge in [-0.3, -0.25) is 4.79 Å². The maximum absolute atomic E-state index is 11.6. The maximum Gasteiger partial charge on any atom is 0.265 e. The van der Waals surface area contributed by atoms with Crippen LogP contribution in [0.5, 0.6) is 5.75 Å². The van der Waals surface area contributed by atoms with Crippen LogP contribution in [0.25, 0.3) is 22.0 Å². The van der Waals surface area contributed by atoms with Gasteiger partial charge >= 0.3 is 0 Å². The van der Waals surface area contributed by atoms with E-state index < -0.39 is 5.91 Å². The Bertz CT molecular complexity index is 861. The molecule has 4 heteroatoms. The highest BCUT2D eigenvalue weighted by molar-refractivity contribution is 6.01. The Hall–Kier alpha value is -2.75. The molecule has 0 unspecified atom stereocenters. The summed E-state index contributed by atoms with van der Waals surface area (Å²) in [5.41, 5.74) is 10.2. The Morgan fingerprint density at radius 2 is 1.73 bits per heavy atom. The monoisotopic (exact) mass is 294 g/mol. The van der Waals surface area contributed by atoms with Crippen LogP contribution in [0.1, 0.15) is 16.1 Å². The highest BCUT2D eigenvalue weighted by Gasteiger charge is 2.16. The van der Waals surface area contributed by atoms with E-state index in [1.807, 2.05) is 54.9 Å². The Morgan fingerprint density at radius 1 is 1.09 bits per heavy atom. The van der Waals surface area contributed by atoms with Crippen LogP contribution in [0.4, 0.5) is 0 Å². The number of amides is 1. The van der Waals surface area contributed by atoms with E-state index in [2.05, 4.69) is 6.07 Å². The molecule has 0 aliphatic carbocycles. The number of ether oxygens (including phenoxy) is 1. The van der Waals surface area contributed by atoms with Crippen LogP contribution in [-0.4, -0.2) is 17.6 Å². The van der Waals surface area contributed by atoms with Crippen molar-refractivity contribution in [3.63, 3.8) is 0 Å². The number of aryl methyl sites for hydroxylation is 2. The molecule has 1 heterocycles. The van der Waals surface area contributed by atoms with Crippen molar-refractivity contribution >= 4 is 16.8 Å². The van der Waals surface area contributed by atoms with Gasteiger partial charge < -0.3 is 15.0 Å². The largest absolute Gasteiger partial charge is 0.497 e. The van der Waals surface area contributed by atoms with Crippen LogP contribution in [0.3, 0.4) is 0 Å². The molecule has 0 saturated heterocycles. The van der Waals surface area contributed by atoms with E-state index in [0.29, 0.717) is 5.69 Å². The van der Waals surface area contributed by atoms with Gasteiger partial charge in [0.05, 0.1) is 7.11 Å². The third kappa shape index (κ3) is 2.13. The topological polar surface area (TPSA) is 57.2 Å². The molecule has 0 spiro atoms. The molecule has 0 aliphatic heterocycles. The fourth-order valence-corrected chi connectivity index (χ4v) is 2.94. The second-order valence-electron chi connectivity index (χ2n) is 5.36. The van der Waals surface area contributed by atoms with Crippen molar-refractivity contribution in [3.8, 4) is 16.9 Å². The van der Waals surface area contributed by atoms with Crippen molar-refractivity contribution in [1.29, 1.82) is 0 Å². The van der Waals surface area contributed by atoms with E-state index in [0.717, 1.165) is 33.3 Å². The van der Waals surface area contributed by atoms with Gasteiger partial charge in [-0.05, 0) is 47.9 Å². The number of carbonyl (C=O) groups excluding carboxylic acids is 1. The smallest absolute Gasteiger partial charge is 0.265 e. The molecule has 0 bridgehead atoms. The number of fused-ring (bicyclic) bond motifs is 1. The number of aromatic nitrogens is 1. The van der Waals surface area contributed by atoms with E-state index in [4.69, 9.17) is 10.5 Å². The molecule has 1 amide bonds. The quantitative estimate of drug-likeness (QED) is 0.806. The van der Waals surface area contributed by atoms with E-state index in [-0.39, 0.29) is 0 Å². The van der Waals surface area contributed by atoms with E-state index >= 15 is 0 Å².